The Hall–Kier alpha value is -3.37. The van der Waals surface area contributed by atoms with E-state index < -0.39 is 18.3 Å². The Morgan fingerprint density at radius 3 is 1.58 bits per heavy atom. The number of hydrogen-bond acceptors (Lipinski definition) is 16. The molecule has 0 saturated carbocycles. The summed E-state index contributed by atoms with van der Waals surface area (Å²) >= 11 is 1.74. The van der Waals surface area contributed by atoms with Gasteiger partial charge in [-0.2, -0.15) is 0 Å². The van der Waals surface area contributed by atoms with E-state index in [0.717, 1.165) is 70.2 Å². The van der Waals surface area contributed by atoms with Crippen molar-refractivity contribution in [2.45, 2.75) is 195 Å². The molecule has 8 aliphatic rings. The lowest BCUT2D eigenvalue weighted by Gasteiger charge is -2.43. The van der Waals surface area contributed by atoms with Gasteiger partial charge in [-0.1, -0.05) is 37.1 Å². The fourth-order valence-electron chi connectivity index (χ4n) is 9.99. The summed E-state index contributed by atoms with van der Waals surface area (Å²) in [6.07, 6.45) is 7.57. The van der Waals surface area contributed by atoms with Crippen LogP contribution in [0.5, 0.6) is 0 Å². The van der Waals surface area contributed by atoms with Crippen molar-refractivity contribution in [2.24, 2.45) is 0 Å². The normalized spacial score (nSPS) is 31.9. The maximum Gasteiger partial charge on any atom is 0.259 e. The van der Waals surface area contributed by atoms with Crippen molar-refractivity contribution < 1.29 is 43.5 Å². The van der Waals surface area contributed by atoms with Gasteiger partial charge in [0.25, 0.3) is 5.91 Å². The Bertz CT molecular complexity index is 1610. The highest BCUT2D eigenvalue weighted by molar-refractivity contribution is 8.00. The van der Waals surface area contributed by atoms with Gasteiger partial charge >= 0.3 is 0 Å². The Kier molecular flexibility index (Phi) is 26.2. The highest BCUT2D eigenvalue weighted by Crippen LogP contribution is 2.37. The number of thioether (sulfide) groups is 1. The number of carbonyl (C=O) groups excluding carboxylic acids is 8. The molecule has 11 unspecified atom stereocenters. The molecular formula is C46H88N10O9S. The third-order valence-electron chi connectivity index (χ3n) is 13.5. The van der Waals surface area contributed by atoms with Crippen LogP contribution in [0.2, 0.25) is 0 Å². The average Bonchev–Trinajstić information content (AvgIpc) is 4.05. The topological polar surface area (TPSA) is 224 Å². The van der Waals surface area contributed by atoms with Gasteiger partial charge in [0, 0.05) is 37.5 Å². The summed E-state index contributed by atoms with van der Waals surface area (Å²) in [5.74, 6) is 1.02. The molecule has 0 spiro atoms. The monoisotopic (exact) mass is 957 g/mol. The SMILES string of the molecule is C.C.C.C.C.CNC1CC(=O)N2CCC(C(C)=O)N2C1=O.CNC1CCC2CCC(C(C)=O)N2C1=O.CNC1CCC2SCC(C(C)=O)N2C1=O.CNC1CCN2CCC(C(C)=O)N2C1O. The van der Waals surface area contributed by atoms with E-state index >= 15 is 0 Å². The van der Waals surface area contributed by atoms with E-state index in [2.05, 4.69) is 26.3 Å². The molecule has 8 saturated heterocycles. The predicted molar refractivity (Wildman–Crippen MR) is 261 cm³/mol. The number of nitrogens with zero attached hydrogens (tertiary/aromatic N) is 6. The zero-order valence-electron chi connectivity index (χ0n) is 37.1. The van der Waals surface area contributed by atoms with Gasteiger partial charge in [0.2, 0.25) is 17.7 Å². The first kappa shape index (κ1) is 62.6. The summed E-state index contributed by atoms with van der Waals surface area (Å²) in [5.41, 5.74) is 0. The third kappa shape index (κ3) is 13.2. The van der Waals surface area contributed by atoms with Crippen molar-refractivity contribution in [3.8, 4) is 0 Å². The summed E-state index contributed by atoms with van der Waals surface area (Å²) < 4.78 is 0. The lowest BCUT2D eigenvalue weighted by Crippen LogP contribution is -2.61. The molecule has 8 aliphatic heterocycles. The van der Waals surface area contributed by atoms with Crippen LogP contribution in [0, 0.1) is 0 Å². The molecule has 8 fully saturated rings. The molecule has 19 nitrogen and oxygen atoms in total. The smallest absolute Gasteiger partial charge is 0.259 e. The van der Waals surface area contributed by atoms with E-state index in [9.17, 15) is 43.5 Å². The number of aliphatic hydroxyl groups is 1. The number of likely N-dealkylation sites (N-methyl/N-ethyl adjacent to an activating group) is 4. The van der Waals surface area contributed by atoms with Gasteiger partial charge in [0.15, 0.2) is 17.3 Å². The fourth-order valence-corrected chi connectivity index (χ4v) is 11.5. The zero-order valence-corrected chi connectivity index (χ0v) is 37.9. The number of Topliss-reactive ketones (excluding diaryl/α,β-unsaturated/α-hetero) is 4. The fraction of sp³-hybridized carbons (Fsp3) is 0.826. The number of rotatable bonds is 8. The molecule has 11 atom stereocenters. The number of hydrazine groups is 2. The Morgan fingerprint density at radius 2 is 1.05 bits per heavy atom. The molecule has 0 bridgehead atoms. The molecule has 0 radical (unpaired) electrons. The first-order valence-corrected chi connectivity index (χ1v) is 22.9. The molecule has 5 N–H and O–H groups in total. The van der Waals surface area contributed by atoms with Gasteiger partial charge < -0.3 is 36.2 Å². The van der Waals surface area contributed by atoms with E-state index in [1.54, 1.807) is 51.5 Å². The first-order chi connectivity index (χ1) is 29.0. The number of amides is 4. The van der Waals surface area contributed by atoms with Crippen molar-refractivity contribution in [1.29, 1.82) is 0 Å². The van der Waals surface area contributed by atoms with Gasteiger partial charge in [-0.05, 0) is 114 Å². The van der Waals surface area contributed by atoms with E-state index in [0.29, 0.717) is 19.0 Å². The highest BCUT2D eigenvalue weighted by Gasteiger charge is 2.49. The molecule has 0 aliphatic carbocycles. The van der Waals surface area contributed by atoms with Crippen molar-refractivity contribution in [3.05, 3.63) is 0 Å². The van der Waals surface area contributed by atoms with E-state index in [4.69, 9.17) is 0 Å². The summed E-state index contributed by atoms with van der Waals surface area (Å²) in [6.45, 7) is 8.49. The standard InChI is InChI=1S/C11H18N2O2.C10H15N3O3.C10H19N3O2.C10H16N2O2S.5CH4/c1-7(14)10-6-4-8-3-5-9(12-2)11(15)13(8)10;1-6(14)8-3-4-12-9(15)5-7(11-2)10(16)13(8)12;1-7(14)9-4-6-12-5-3-8(11-2)10(15)13(9)12;1-6(13)8-5-15-9-4-3-7(11-2)10(14)12(8)9;;;;;/h8-10,12H,3-6H2,1-2H3;7-8,11H,3-5H2,1-2H3;8-11,15H,3-6H2,1-2H3;7-9,11H,3-5H2,1-2H3;5*1H4. The molecule has 4 amide bonds. The van der Waals surface area contributed by atoms with Crippen LogP contribution in [0.15, 0.2) is 0 Å². The van der Waals surface area contributed by atoms with Crippen LogP contribution in [0.4, 0.5) is 0 Å². The summed E-state index contributed by atoms with van der Waals surface area (Å²) in [4.78, 5) is 97.2. The molecule has 382 valence electrons. The summed E-state index contributed by atoms with van der Waals surface area (Å²) in [7, 11) is 7.10. The quantitative estimate of drug-likeness (QED) is 0.234. The van der Waals surface area contributed by atoms with Crippen LogP contribution in [-0.4, -0.2) is 201 Å². The second-order valence-corrected chi connectivity index (χ2v) is 18.3. The van der Waals surface area contributed by atoms with Gasteiger partial charge in [-0.3, -0.25) is 43.4 Å². The van der Waals surface area contributed by atoms with E-state index in [-0.39, 0.29) is 132 Å². The molecule has 0 aromatic rings. The Labute approximate surface area is 400 Å². The van der Waals surface area contributed by atoms with Gasteiger partial charge in [0.05, 0.1) is 42.0 Å². The summed E-state index contributed by atoms with van der Waals surface area (Å²) in [6, 6.07) is -1.23. The zero-order chi connectivity index (χ0) is 44.9. The second kappa shape index (κ2) is 27.6. The van der Waals surface area contributed by atoms with Crippen molar-refractivity contribution >= 4 is 58.5 Å². The van der Waals surface area contributed by atoms with Gasteiger partial charge in [0.1, 0.15) is 24.1 Å². The third-order valence-corrected chi connectivity index (χ3v) is 14.8. The lowest BCUT2D eigenvalue weighted by molar-refractivity contribution is -0.175. The minimum atomic E-state index is -0.569. The van der Waals surface area contributed by atoms with Crippen LogP contribution < -0.4 is 21.3 Å². The Balaban J connectivity index is 0.000000833. The molecule has 8 heterocycles. The lowest BCUT2D eigenvalue weighted by atomic mass is 9.98. The molecule has 0 aromatic heterocycles. The average molecular weight is 957 g/mol. The molecule has 66 heavy (non-hydrogen) atoms. The number of fused-ring (bicyclic) bond motifs is 4. The van der Waals surface area contributed by atoms with Crippen LogP contribution >= 0.6 is 11.8 Å². The predicted octanol–water partition coefficient (Wildman–Crippen LogP) is 1.81. The Morgan fingerprint density at radius 1 is 0.545 bits per heavy atom. The number of piperidine rings is 2. The number of nitrogens with one attached hydrogen (secondary N) is 4. The number of carbonyl (C=O) groups is 8. The van der Waals surface area contributed by atoms with Crippen LogP contribution in [-0.2, 0) is 38.4 Å². The first-order valence-electron chi connectivity index (χ1n) is 21.8. The molecule has 20 heteroatoms. The van der Waals surface area contributed by atoms with Crippen molar-refractivity contribution in [1.82, 2.24) is 51.1 Å². The van der Waals surface area contributed by atoms with Gasteiger partial charge in [-0.15, -0.1) is 11.8 Å². The van der Waals surface area contributed by atoms with E-state index in [1.165, 1.54) is 16.9 Å². The maximum atomic E-state index is 12.1. The minimum Gasteiger partial charge on any atom is -0.375 e. The number of hydrogen-bond donors (Lipinski definition) is 5. The summed E-state index contributed by atoms with van der Waals surface area (Å²) in [5, 5.41) is 29.0. The van der Waals surface area contributed by atoms with Crippen LogP contribution in [0.3, 0.4) is 0 Å². The van der Waals surface area contributed by atoms with Crippen LogP contribution in [0.25, 0.3) is 0 Å². The minimum absolute atomic E-state index is 0. The largest absolute Gasteiger partial charge is 0.375 e. The highest BCUT2D eigenvalue weighted by atomic mass is 32.2. The van der Waals surface area contributed by atoms with Gasteiger partial charge in [-0.25, -0.2) is 15.0 Å². The maximum absolute atomic E-state index is 12.1. The van der Waals surface area contributed by atoms with Crippen molar-refractivity contribution in [3.63, 3.8) is 0 Å². The van der Waals surface area contributed by atoms with Crippen LogP contribution in [0.1, 0.15) is 129 Å². The van der Waals surface area contributed by atoms with E-state index in [1.807, 2.05) is 24.0 Å². The number of ketones is 4. The molecule has 0 aromatic carbocycles. The number of aliphatic hydroxyl groups excluding tert-OH is 1. The molecular weight excluding hydrogens is 869 g/mol. The van der Waals surface area contributed by atoms with Crippen molar-refractivity contribution in [2.75, 3.05) is 53.6 Å². The molecule has 8 rings (SSSR count). The second-order valence-electron chi connectivity index (χ2n) is 17.1.